The van der Waals surface area contributed by atoms with Crippen molar-refractivity contribution in [3.05, 3.63) is 34.9 Å². The molecule has 0 N–H and O–H groups in total. The highest BCUT2D eigenvalue weighted by atomic mass is 79.9. The highest BCUT2D eigenvalue weighted by Crippen LogP contribution is 2.56. The van der Waals surface area contributed by atoms with E-state index in [0.717, 1.165) is 29.2 Å². The summed E-state index contributed by atoms with van der Waals surface area (Å²) in [5.41, 5.74) is 1.36. The molecule has 0 amide bonds. The highest BCUT2D eigenvalue weighted by molar-refractivity contribution is 9.09. The molecule has 0 bridgehead atoms. The van der Waals surface area contributed by atoms with Crippen LogP contribution in [-0.2, 0) is 6.42 Å². The predicted octanol–water partition coefficient (Wildman–Crippen LogP) is 4.69. The van der Waals surface area contributed by atoms with Crippen molar-refractivity contribution in [1.82, 2.24) is 0 Å². The first kappa shape index (κ1) is 11.1. The van der Waals surface area contributed by atoms with E-state index in [-0.39, 0.29) is 0 Å². The molecule has 2 aliphatic rings. The third-order valence-corrected chi connectivity index (χ3v) is 5.42. The lowest BCUT2D eigenvalue weighted by Gasteiger charge is -2.19. The summed E-state index contributed by atoms with van der Waals surface area (Å²) in [7, 11) is 0. The largest absolute Gasteiger partial charge is 0.0884 e. The van der Waals surface area contributed by atoms with Gasteiger partial charge in [0.25, 0.3) is 0 Å². The molecule has 1 aromatic rings. The summed E-state index contributed by atoms with van der Waals surface area (Å²) in [5, 5.41) is 0.853. The Morgan fingerprint density at radius 2 is 2.00 bits per heavy atom. The van der Waals surface area contributed by atoms with Crippen LogP contribution in [0.2, 0.25) is 5.02 Å². The standard InChI is InChI=1S/C14H16BrCl/c15-14(12-7-10-6-11(10)8-12)5-9-2-1-3-13(16)4-9/h1-4,10-12,14H,5-8H2. The molecule has 0 aromatic heterocycles. The van der Waals surface area contributed by atoms with Crippen LogP contribution in [0.4, 0.5) is 0 Å². The lowest BCUT2D eigenvalue weighted by molar-refractivity contribution is 0.471. The molecule has 1 aromatic carbocycles. The summed E-state index contributed by atoms with van der Waals surface area (Å²) in [6, 6.07) is 8.25. The van der Waals surface area contributed by atoms with E-state index in [2.05, 4.69) is 28.1 Å². The maximum Gasteiger partial charge on any atom is 0.0408 e. The third-order valence-electron chi connectivity index (χ3n) is 4.11. The lowest BCUT2D eigenvalue weighted by atomic mass is 9.95. The van der Waals surface area contributed by atoms with Crippen molar-refractivity contribution in [3.8, 4) is 0 Å². The number of hydrogen-bond donors (Lipinski definition) is 0. The van der Waals surface area contributed by atoms with Crippen molar-refractivity contribution >= 4 is 27.5 Å². The van der Waals surface area contributed by atoms with Crippen LogP contribution in [0.5, 0.6) is 0 Å². The zero-order valence-electron chi connectivity index (χ0n) is 9.20. The van der Waals surface area contributed by atoms with Gasteiger partial charge in [-0.25, -0.2) is 0 Å². The van der Waals surface area contributed by atoms with Gasteiger partial charge in [0.15, 0.2) is 0 Å². The minimum atomic E-state index is 0.638. The van der Waals surface area contributed by atoms with Crippen molar-refractivity contribution < 1.29 is 0 Å². The zero-order chi connectivity index (χ0) is 11.1. The summed E-state index contributed by atoms with van der Waals surface area (Å²) < 4.78 is 0. The summed E-state index contributed by atoms with van der Waals surface area (Å²) in [4.78, 5) is 0.638. The summed E-state index contributed by atoms with van der Waals surface area (Å²) >= 11 is 9.87. The third kappa shape index (κ3) is 2.31. The number of fused-ring (bicyclic) bond motifs is 1. The molecule has 3 atom stereocenters. The Labute approximate surface area is 111 Å². The van der Waals surface area contributed by atoms with E-state index in [1.807, 2.05) is 12.1 Å². The Morgan fingerprint density at radius 1 is 1.25 bits per heavy atom. The second kappa shape index (κ2) is 4.34. The quantitative estimate of drug-likeness (QED) is 0.710. The number of benzene rings is 1. The molecule has 2 saturated carbocycles. The van der Waals surface area contributed by atoms with Gasteiger partial charge in [-0.1, -0.05) is 39.7 Å². The molecule has 16 heavy (non-hydrogen) atoms. The SMILES string of the molecule is Clc1cccc(CC(Br)C2CC3CC3C2)c1. The molecule has 0 radical (unpaired) electrons. The van der Waals surface area contributed by atoms with Gasteiger partial charge in [0, 0.05) is 9.85 Å². The number of rotatable bonds is 3. The molecule has 2 fully saturated rings. The van der Waals surface area contributed by atoms with Crippen molar-refractivity contribution in [2.75, 3.05) is 0 Å². The minimum Gasteiger partial charge on any atom is -0.0884 e. The molecule has 0 nitrogen and oxygen atoms in total. The second-order valence-corrected chi connectivity index (χ2v) is 6.95. The number of halogens is 2. The van der Waals surface area contributed by atoms with Gasteiger partial charge in [-0.3, -0.25) is 0 Å². The summed E-state index contributed by atoms with van der Waals surface area (Å²) in [6.07, 6.45) is 5.51. The number of alkyl halides is 1. The Hall–Kier alpha value is -0.0100. The van der Waals surface area contributed by atoms with Crippen LogP contribution in [0.1, 0.15) is 24.8 Å². The molecule has 0 saturated heterocycles. The van der Waals surface area contributed by atoms with E-state index in [1.54, 1.807) is 0 Å². The van der Waals surface area contributed by atoms with Gasteiger partial charge in [-0.2, -0.15) is 0 Å². The van der Waals surface area contributed by atoms with E-state index >= 15 is 0 Å². The van der Waals surface area contributed by atoms with E-state index in [1.165, 1.54) is 24.8 Å². The topological polar surface area (TPSA) is 0 Å². The molecular weight excluding hydrogens is 284 g/mol. The van der Waals surface area contributed by atoms with Gasteiger partial charge in [-0.15, -0.1) is 0 Å². The van der Waals surface area contributed by atoms with Crippen molar-refractivity contribution in [3.63, 3.8) is 0 Å². The minimum absolute atomic E-state index is 0.638. The average molecular weight is 300 g/mol. The molecule has 86 valence electrons. The Balaban J connectivity index is 1.61. The van der Waals surface area contributed by atoms with Gasteiger partial charge in [0.1, 0.15) is 0 Å². The van der Waals surface area contributed by atoms with Gasteiger partial charge in [0.05, 0.1) is 0 Å². The summed E-state index contributed by atoms with van der Waals surface area (Å²) in [6.45, 7) is 0. The molecule has 3 unspecified atom stereocenters. The first-order chi connectivity index (χ1) is 7.72. The first-order valence-electron chi connectivity index (χ1n) is 6.11. The average Bonchev–Trinajstić information content (AvgIpc) is 2.86. The van der Waals surface area contributed by atoms with Crippen molar-refractivity contribution in [2.24, 2.45) is 17.8 Å². The smallest absolute Gasteiger partial charge is 0.0408 e. The predicted molar refractivity (Wildman–Crippen MR) is 72.2 cm³/mol. The van der Waals surface area contributed by atoms with Crippen molar-refractivity contribution in [1.29, 1.82) is 0 Å². The molecule has 3 rings (SSSR count). The number of hydrogen-bond acceptors (Lipinski definition) is 0. The Bertz CT molecular complexity index is 380. The molecule has 2 heteroatoms. The fraction of sp³-hybridized carbons (Fsp3) is 0.571. The monoisotopic (exact) mass is 298 g/mol. The van der Waals surface area contributed by atoms with Crippen LogP contribution in [0, 0.1) is 17.8 Å². The van der Waals surface area contributed by atoms with Crippen molar-refractivity contribution in [2.45, 2.75) is 30.5 Å². The van der Waals surface area contributed by atoms with E-state index in [9.17, 15) is 0 Å². The normalized spacial score (nSPS) is 33.5. The van der Waals surface area contributed by atoms with Gasteiger partial charge < -0.3 is 0 Å². The molecule has 0 heterocycles. The molecular formula is C14H16BrCl. The maximum atomic E-state index is 6.00. The van der Waals surface area contributed by atoms with Crippen LogP contribution >= 0.6 is 27.5 Å². The van der Waals surface area contributed by atoms with Crippen LogP contribution < -0.4 is 0 Å². The Kier molecular flexibility index (Phi) is 3.01. The fourth-order valence-electron chi connectivity index (χ4n) is 3.11. The van der Waals surface area contributed by atoms with Gasteiger partial charge >= 0.3 is 0 Å². The second-order valence-electron chi connectivity index (χ2n) is 5.34. The lowest BCUT2D eigenvalue weighted by Crippen LogP contribution is -2.15. The van der Waals surface area contributed by atoms with Gasteiger partial charge in [0.2, 0.25) is 0 Å². The fourth-order valence-corrected chi connectivity index (χ4v) is 4.13. The van der Waals surface area contributed by atoms with E-state index in [4.69, 9.17) is 11.6 Å². The van der Waals surface area contributed by atoms with Crippen LogP contribution in [-0.4, -0.2) is 4.83 Å². The first-order valence-corrected chi connectivity index (χ1v) is 7.40. The summed E-state index contributed by atoms with van der Waals surface area (Å²) in [5.74, 6) is 3.04. The maximum absolute atomic E-state index is 6.00. The molecule has 0 aliphatic heterocycles. The van der Waals surface area contributed by atoms with Crippen LogP contribution in [0.25, 0.3) is 0 Å². The van der Waals surface area contributed by atoms with Crippen LogP contribution in [0.3, 0.4) is 0 Å². The molecule has 0 spiro atoms. The highest BCUT2D eigenvalue weighted by Gasteiger charge is 2.47. The van der Waals surface area contributed by atoms with E-state index in [0.29, 0.717) is 4.83 Å². The van der Waals surface area contributed by atoms with Crippen LogP contribution in [0.15, 0.2) is 24.3 Å². The molecule has 2 aliphatic carbocycles. The van der Waals surface area contributed by atoms with Gasteiger partial charge in [-0.05, 0) is 61.1 Å². The van der Waals surface area contributed by atoms with E-state index < -0.39 is 0 Å². The Morgan fingerprint density at radius 3 is 2.69 bits per heavy atom. The zero-order valence-corrected chi connectivity index (χ0v) is 11.5.